The summed E-state index contributed by atoms with van der Waals surface area (Å²) in [7, 11) is 0. The molecule has 0 spiro atoms. The van der Waals surface area contributed by atoms with Crippen LogP contribution in [0.4, 0.5) is 0 Å². The van der Waals surface area contributed by atoms with Gasteiger partial charge in [-0.3, -0.25) is 0 Å². The number of hydrogen-bond donors (Lipinski definition) is 1. The molecule has 0 saturated carbocycles. The average Bonchev–Trinajstić information content (AvgIpc) is 1.88. The van der Waals surface area contributed by atoms with Gasteiger partial charge in [-0.15, -0.1) is 0 Å². The number of rotatable bonds is 5. The fraction of sp³-hybridized carbons (Fsp3) is 1.00. The molecular weight excluding hydrogens is 154 g/mol. The van der Waals surface area contributed by atoms with E-state index in [1.165, 1.54) is 12.8 Å². The molecule has 0 bridgehead atoms. The lowest BCUT2D eigenvalue weighted by Crippen LogP contribution is -2.35. The van der Waals surface area contributed by atoms with Crippen LogP contribution in [0.5, 0.6) is 0 Å². The van der Waals surface area contributed by atoms with Gasteiger partial charge in [0.2, 0.25) is 0 Å². The highest BCUT2D eigenvalue weighted by atomic mass is 32.2. The zero-order chi connectivity index (χ0) is 8.91. The van der Waals surface area contributed by atoms with Gasteiger partial charge >= 0.3 is 0 Å². The molecule has 0 heterocycles. The molecule has 0 saturated heterocycles. The number of nitrogens with two attached hydrogens (primary N) is 1. The molecule has 0 unspecified atom stereocenters. The summed E-state index contributed by atoms with van der Waals surface area (Å²) in [4.78, 5) is 0. The Morgan fingerprint density at radius 3 is 2.00 bits per heavy atom. The molecular formula is C9H21NS. The van der Waals surface area contributed by atoms with Crippen LogP contribution in [-0.4, -0.2) is 16.5 Å². The Kier molecular flexibility index (Phi) is 5.19. The zero-order valence-electron chi connectivity index (χ0n) is 8.18. The van der Waals surface area contributed by atoms with Gasteiger partial charge in [-0.2, -0.15) is 11.8 Å². The van der Waals surface area contributed by atoms with Crippen LogP contribution >= 0.6 is 11.8 Å². The third-order valence-corrected chi connectivity index (χ3v) is 3.65. The standard InChI is InChI=1S/C9H21NS/c1-5-8(6-2)11-7-9(3,4)10/h8H,5-7,10H2,1-4H3. The fourth-order valence-electron chi connectivity index (χ4n) is 0.857. The van der Waals surface area contributed by atoms with Gasteiger partial charge in [0, 0.05) is 16.5 Å². The van der Waals surface area contributed by atoms with Gasteiger partial charge < -0.3 is 5.73 Å². The molecule has 0 aromatic heterocycles. The molecule has 1 nitrogen and oxygen atoms in total. The van der Waals surface area contributed by atoms with E-state index in [4.69, 9.17) is 5.73 Å². The van der Waals surface area contributed by atoms with Gasteiger partial charge in [-0.1, -0.05) is 13.8 Å². The Morgan fingerprint density at radius 2 is 1.73 bits per heavy atom. The van der Waals surface area contributed by atoms with Crippen molar-refractivity contribution in [3.05, 3.63) is 0 Å². The largest absolute Gasteiger partial charge is 0.325 e. The highest BCUT2D eigenvalue weighted by Crippen LogP contribution is 2.20. The van der Waals surface area contributed by atoms with Crippen LogP contribution in [0.15, 0.2) is 0 Å². The monoisotopic (exact) mass is 175 g/mol. The van der Waals surface area contributed by atoms with Crippen LogP contribution in [0, 0.1) is 0 Å². The Morgan fingerprint density at radius 1 is 1.27 bits per heavy atom. The van der Waals surface area contributed by atoms with E-state index in [-0.39, 0.29) is 5.54 Å². The van der Waals surface area contributed by atoms with Gasteiger partial charge in [0.05, 0.1) is 0 Å². The molecule has 0 fully saturated rings. The average molecular weight is 175 g/mol. The van der Waals surface area contributed by atoms with E-state index in [9.17, 15) is 0 Å². The summed E-state index contributed by atoms with van der Waals surface area (Å²) < 4.78 is 0. The van der Waals surface area contributed by atoms with Crippen molar-refractivity contribution in [3.8, 4) is 0 Å². The Hall–Kier alpha value is 0.310. The Bertz CT molecular complexity index is 92.2. The summed E-state index contributed by atoms with van der Waals surface area (Å²) in [5.74, 6) is 1.07. The lowest BCUT2D eigenvalue weighted by molar-refractivity contribution is 0.589. The lowest BCUT2D eigenvalue weighted by atomic mass is 10.1. The van der Waals surface area contributed by atoms with E-state index >= 15 is 0 Å². The van der Waals surface area contributed by atoms with Gasteiger partial charge in [0.1, 0.15) is 0 Å². The molecule has 0 aliphatic carbocycles. The first-order valence-electron chi connectivity index (χ1n) is 4.40. The van der Waals surface area contributed by atoms with E-state index in [1.54, 1.807) is 0 Å². The second kappa shape index (κ2) is 5.04. The predicted molar refractivity (Wildman–Crippen MR) is 55.1 cm³/mol. The lowest BCUT2D eigenvalue weighted by Gasteiger charge is -2.21. The van der Waals surface area contributed by atoms with Gasteiger partial charge in [-0.05, 0) is 26.7 Å². The van der Waals surface area contributed by atoms with Gasteiger partial charge in [0.15, 0.2) is 0 Å². The highest BCUT2D eigenvalue weighted by molar-refractivity contribution is 7.99. The highest BCUT2D eigenvalue weighted by Gasteiger charge is 2.13. The maximum Gasteiger partial charge on any atom is 0.0188 e. The zero-order valence-corrected chi connectivity index (χ0v) is 9.00. The quantitative estimate of drug-likeness (QED) is 0.695. The van der Waals surface area contributed by atoms with Crippen LogP contribution in [0.25, 0.3) is 0 Å². The van der Waals surface area contributed by atoms with Crippen LogP contribution < -0.4 is 5.73 Å². The van der Waals surface area contributed by atoms with Gasteiger partial charge in [-0.25, -0.2) is 0 Å². The summed E-state index contributed by atoms with van der Waals surface area (Å²) in [6.45, 7) is 8.65. The molecule has 11 heavy (non-hydrogen) atoms. The molecule has 68 valence electrons. The normalized spacial score (nSPS) is 12.5. The molecule has 0 rings (SSSR count). The molecule has 2 heteroatoms. The first-order valence-corrected chi connectivity index (χ1v) is 5.45. The topological polar surface area (TPSA) is 26.0 Å². The van der Waals surface area contributed by atoms with Crippen molar-refractivity contribution in [1.82, 2.24) is 0 Å². The Balaban J connectivity index is 3.51. The smallest absolute Gasteiger partial charge is 0.0188 e. The van der Waals surface area contributed by atoms with E-state index in [0.29, 0.717) is 0 Å². The summed E-state index contributed by atoms with van der Waals surface area (Å²) in [6.07, 6.45) is 2.52. The third kappa shape index (κ3) is 6.70. The van der Waals surface area contributed by atoms with E-state index in [1.807, 2.05) is 11.8 Å². The minimum Gasteiger partial charge on any atom is -0.325 e. The molecule has 0 atom stereocenters. The molecule has 0 radical (unpaired) electrons. The molecule has 0 aliphatic rings. The van der Waals surface area contributed by atoms with Crippen molar-refractivity contribution in [1.29, 1.82) is 0 Å². The van der Waals surface area contributed by atoms with Crippen molar-refractivity contribution in [2.45, 2.75) is 51.3 Å². The van der Waals surface area contributed by atoms with Gasteiger partial charge in [0.25, 0.3) is 0 Å². The minimum atomic E-state index is -0.00669. The fourth-order valence-corrected chi connectivity index (χ4v) is 1.99. The molecule has 0 aromatic carbocycles. The van der Waals surface area contributed by atoms with Crippen molar-refractivity contribution in [2.75, 3.05) is 5.75 Å². The first kappa shape index (κ1) is 11.3. The summed E-state index contributed by atoms with van der Waals surface area (Å²) >= 11 is 2.00. The van der Waals surface area contributed by atoms with Crippen molar-refractivity contribution in [3.63, 3.8) is 0 Å². The maximum absolute atomic E-state index is 5.87. The predicted octanol–water partition coefficient (Wildman–Crippen LogP) is 2.65. The SMILES string of the molecule is CCC(CC)SCC(C)(C)N. The molecule has 0 aliphatic heterocycles. The summed E-state index contributed by atoms with van der Waals surface area (Å²) in [5, 5.41) is 0.804. The number of thioether (sulfide) groups is 1. The summed E-state index contributed by atoms with van der Waals surface area (Å²) in [6, 6.07) is 0. The van der Waals surface area contributed by atoms with E-state index in [2.05, 4.69) is 27.7 Å². The van der Waals surface area contributed by atoms with Crippen LogP contribution in [0.2, 0.25) is 0 Å². The maximum atomic E-state index is 5.87. The van der Waals surface area contributed by atoms with Crippen molar-refractivity contribution >= 4 is 11.8 Å². The third-order valence-electron chi connectivity index (χ3n) is 1.60. The number of hydrogen-bond acceptors (Lipinski definition) is 2. The molecule has 0 amide bonds. The second-order valence-corrected chi connectivity index (χ2v) is 5.03. The molecule has 2 N–H and O–H groups in total. The van der Waals surface area contributed by atoms with Crippen LogP contribution in [0.3, 0.4) is 0 Å². The van der Waals surface area contributed by atoms with Crippen molar-refractivity contribution < 1.29 is 0 Å². The van der Waals surface area contributed by atoms with E-state index < -0.39 is 0 Å². The van der Waals surface area contributed by atoms with E-state index in [0.717, 1.165) is 11.0 Å². The summed E-state index contributed by atoms with van der Waals surface area (Å²) in [5.41, 5.74) is 5.87. The molecule has 0 aromatic rings. The Labute approximate surface area is 75.1 Å². The first-order chi connectivity index (χ1) is 4.99. The van der Waals surface area contributed by atoms with Crippen molar-refractivity contribution in [2.24, 2.45) is 5.73 Å². The second-order valence-electron chi connectivity index (χ2n) is 3.74. The minimum absolute atomic E-state index is 0.00669. The van der Waals surface area contributed by atoms with Crippen LogP contribution in [0.1, 0.15) is 40.5 Å². The van der Waals surface area contributed by atoms with Crippen LogP contribution in [-0.2, 0) is 0 Å².